The van der Waals surface area contributed by atoms with Gasteiger partial charge in [-0.25, -0.2) is 13.2 Å². The van der Waals surface area contributed by atoms with Crippen LogP contribution in [0.2, 0.25) is 0 Å². The lowest BCUT2D eigenvalue weighted by atomic mass is 9.80. The summed E-state index contributed by atoms with van der Waals surface area (Å²) >= 11 is 0. The minimum absolute atomic E-state index is 0.134. The second-order valence-corrected chi connectivity index (χ2v) is 4.55. The summed E-state index contributed by atoms with van der Waals surface area (Å²) < 4.78 is 44.0. The fourth-order valence-electron chi connectivity index (χ4n) is 2.05. The van der Waals surface area contributed by atoms with Crippen molar-refractivity contribution in [1.29, 1.82) is 0 Å². The van der Waals surface area contributed by atoms with Crippen LogP contribution in [0.15, 0.2) is 12.1 Å². The van der Waals surface area contributed by atoms with Gasteiger partial charge in [0, 0.05) is 0 Å². The summed E-state index contributed by atoms with van der Waals surface area (Å²) in [6.07, 6.45) is 3.32. The Bertz CT molecular complexity index is 377. The number of hydrogen-bond donors (Lipinski definition) is 0. The van der Waals surface area contributed by atoms with Crippen LogP contribution in [0.25, 0.3) is 0 Å². The van der Waals surface area contributed by atoms with Crippen molar-refractivity contribution >= 4 is 0 Å². The van der Waals surface area contributed by atoms with E-state index >= 15 is 0 Å². The molecule has 0 spiro atoms. The van der Waals surface area contributed by atoms with Gasteiger partial charge in [-0.1, -0.05) is 13.3 Å². The molecule has 0 N–H and O–H groups in total. The molecule has 0 aliphatic heterocycles. The summed E-state index contributed by atoms with van der Waals surface area (Å²) in [5, 5.41) is 0. The lowest BCUT2D eigenvalue weighted by molar-refractivity contribution is -0.0410. The highest BCUT2D eigenvalue weighted by molar-refractivity contribution is 5.18. The van der Waals surface area contributed by atoms with E-state index in [1.165, 1.54) is 0 Å². The highest BCUT2D eigenvalue weighted by Crippen LogP contribution is 2.32. The highest BCUT2D eigenvalue weighted by atomic mass is 19.2. The number of hydrogen-bond acceptors (Lipinski definition) is 1. The topological polar surface area (TPSA) is 9.23 Å². The van der Waals surface area contributed by atoms with Crippen molar-refractivity contribution in [2.75, 3.05) is 0 Å². The smallest absolute Gasteiger partial charge is 0.194 e. The number of benzene rings is 1. The Balaban J connectivity index is 1.88. The fourth-order valence-corrected chi connectivity index (χ4v) is 2.05. The van der Waals surface area contributed by atoms with Crippen molar-refractivity contribution in [2.45, 2.75) is 38.9 Å². The molecule has 1 aromatic carbocycles. The number of halogens is 3. The first-order chi connectivity index (χ1) is 8.10. The first-order valence-corrected chi connectivity index (χ1v) is 5.85. The average molecular weight is 244 g/mol. The van der Waals surface area contributed by atoms with Crippen LogP contribution >= 0.6 is 0 Å². The Kier molecular flexibility index (Phi) is 3.72. The van der Waals surface area contributed by atoms with Gasteiger partial charge < -0.3 is 4.74 Å². The molecule has 1 fully saturated rings. The molecule has 0 aromatic heterocycles. The molecule has 1 aliphatic carbocycles. The van der Waals surface area contributed by atoms with Crippen molar-refractivity contribution < 1.29 is 17.9 Å². The van der Waals surface area contributed by atoms with Gasteiger partial charge in [0.1, 0.15) is 0 Å². The van der Waals surface area contributed by atoms with Crippen molar-refractivity contribution in [2.24, 2.45) is 5.92 Å². The van der Waals surface area contributed by atoms with Crippen LogP contribution in [-0.4, -0.2) is 6.10 Å². The Morgan fingerprint density at radius 3 is 2.29 bits per heavy atom. The third kappa shape index (κ3) is 2.80. The molecule has 94 valence electrons. The molecule has 0 heterocycles. The first kappa shape index (κ1) is 12.4. The Morgan fingerprint density at radius 1 is 1.18 bits per heavy atom. The van der Waals surface area contributed by atoms with Crippen molar-refractivity contribution in [1.82, 2.24) is 0 Å². The van der Waals surface area contributed by atoms with Crippen LogP contribution in [0, 0.1) is 23.4 Å². The van der Waals surface area contributed by atoms with Gasteiger partial charge in [0.25, 0.3) is 0 Å². The first-order valence-electron chi connectivity index (χ1n) is 5.85. The average Bonchev–Trinajstić information content (AvgIpc) is 2.24. The zero-order valence-corrected chi connectivity index (χ0v) is 9.68. The maximum atomic E-state index is 12.9. The number of ether oxygens (including phenoxy) is 1. The Morgan fingerprint density at radius 2 is 1.76 bits per heavy atom. The summed E-state index contributed by atoms with van der Waals surface area (Å²) in [6.45, 7) is 2.26. The van der Waals surface area contributed by atoms with Gasteiger partial charge in [0.15, 0.2) is 17.5 Å². The zero-order chi connectivity index (χ0) is 12.4. The van der Waals surface area contributed by atoms with E-state index in [4.69, 9.17) is 4.74 Å². The van der Waals surface area contributed by atoms with Crippen molar-refractivity contribution in [3.63, 3.8) is 0 Å². The third-order valence-corrected chi connectivity index (χ3v) is 3.30. The van der Waals surface area contributed by atoms with Gasteiger partial charge in [0.05, 0.1) is 12.7 Å². The van der Waals surface area contributed by atoms with E-state index in [-0.39, 0.29) is 12.7 Å². The standard InChI is InChI=1S/C13H15F3O/c1-2-8-3-10(4-8)17-7-9-5-11(14)13(16)12(15)6-9/h5-6,8,10H,2-4,7H2,1H3/t8-,10-. The maximum absolute atomic E-state index is 12.9. The molecular formula is C13H15F3O. The molecule has 0 radical (unpaired) electrons. The van der Waals surface area contributed by atoms with E-state index in [1.54, 1.807) is 0 Å². The summed E-state index contributed by atoms with van der Waals surface area (Å²) in [7, 11) is 0. The Labute approximate surface area is 98.6 Å². The van der Waals surface area contributed by atoms with E-state index in [9.17, 15) is 13.2 Å². The lowest BCUT2D eigenvalue weighted by Gasteiger charge is -2.34. The minimum Gasteiger partial charge on any atom is -0.374 e. The quantitative estimate of drug-likeness (QED) is 0.732. The summed E-state index contributed by atoms with van der Waals surface area (Å²) in [4.78, 5) is 0. The van der Waals surface area contributed by atoms with E-state index < -0.39 is 17.5 Å². The lowest BCUT2D eigenvalue weighted by Crippen LogP contribution is -2.30. The van der Waals surface area contributed by atoms with Gasteiger partial charge in [-0.05, 0) is 36.5 Å². The molecule has 1 saturated carbocycles. The van der Waals surface area contributed by atoms with Gasteiger partial charge >= 0.3 is 0 Å². The molecule has 1 aromatic rings. The van der Waals surface area contributed by atoms with Crippen LogP contribution in [0.5, 0.6) is 0 Å². The fraction of sp³-hybridized carbons (Fsp3) is 0.538. The van der Waals surface area contributed by atoms with Crippen molar-refractivity contribution in [3.05, 3.63) is 35.1 Å². The molecule has 0 bridgehead atoms. The van der Waals surface area contributed by atoms with Gasteiger partial charge in [-0.2, -0.15) is 0 Å². The molecule has 1 aliphatic rings. The number of rotatable bonds is 4. The largest absolute Gasteiger partial charge is 0.374 e. The van der Waals surface area contributed by atoms with Crippen molar-refractivity contribution in [3.8, 4) is 0 Å². The van der Waals surface area contributed by atoms with Gasteiger partial charge in [-0.15, -0.1) is 0 Å². The molecule has 0 saturated heterocycles. The molecule has 0 atom stereocenters. The van der Waals surface area contributed by atoms with E-state index in [1.807, 2.05) is 0 Å². The summed E-state index contributed by atoms with van der Waals surface area (Å²) in [6, 6.07) is 1.96. The van der Waals surface area contributed by atoms with E-state index in [0.717, 1.165) is 31.4 Å². The van der Waals surface area contributed by atoms with Crippen LogP contribution in [0.3, 0.4) is 0 Å². The van der Waals surface area contributed by atoms with E-state index in [0.29, 0.717) is 11.5 Å². The minimum atomic E-state index is -1.43. The highest BCUT2D eigenvalue weighted by Gasteiger charge is 2.28. The molecule has 0 amide bonds. The van der Waals surface area contributed by atoms with Crippen LogP contribution in [0.1, 0.15) is 31.7 Å². The zero-order valence-electron chi connectivity index (χ0n) is 9.68. The van der Waals surface area contributed by atoms with Gasteiger partial charge in [-0.3, -0.25) is 0 Å². The van der Waals surface area contributed by atoms with Crippen LogP contribution in [0.4, 0.5) is 13.2 Å². The normalized spacial score (nSPS) is 23.5. The summed E-state index contributed by atoms with van der Waals surface area (Å²) in [5.74, 6) is -3.04. The second kappa shape index (κ2) is 5.08. The van der Waals surface area contributed by atoms with E-state index in [2.05, 4.69) is 6.92 Å². The predicted molar refractivity (Wildman–Crippen MR) is 57.9 cm³/mol. The molecule has 0 unspecified atom stereocenters. The monoisotopic (exact) mass is 244 g/mol. The second-order valence-electron chi connectivity index (χ2n) is 4.55. The third-order valence-electron chi connectivity index (χ3n) is 3.30. The van der Waals surface area contributed by atoms with Gasteiger partial charge in [0.2, 0.25) is 0 Å². The molecule has 2 rings (SSSR count). The van der Waals surface area contributed by atoms with Crippen LogP contribution in [-0.2, 0) is 11.3 Å². The Hall–Kier alpha value is -1.03. The van der Waals surface area contributed by atoms with Crippen LogP contribution < -0.4 is 0 Å². The maximum Gasteiger partial charge on any atom is 0.194 e. The summed E-state index contributed by atoms with van der Waals surface area (Å²) in [5.41, 5.74) is 0.335. The molecule has 1 nitrogen and oxygen atoms in total. The molecule has 4 heteroatoms. The SMILES string of the molecule is CC[C@H]1C[C@H](OCc2cc(F)c(F)c(F)c2)C1. The molecule has 17 heavy (non-hydrogen) atoms. The molecular weight excluding hydrogens is 229 g/mol. The predicted octanol–water partition coefficient (Wildman–Crippen LogP) is 3.81.